The summed E-state index contributed by atoms with van der Waals surface area (Å²) in [5, 5.41) is 3.44. The zero-order valence-corrected chi connectivity index (χ0v) is 38.9. The van der Waals surface area contributed by atoms with E-state index in [9.17, 15) is 19.2 Å². The Bertz CT molecular complexity index is 3180. The summed E-state index contributed by atoms with van der Waals surface area (Å²) in [4.78, 5) is 69.5. The fourth-order valence-corrected chi connectivity index (χ4v) is 8.49. The van der Waals surface area contributed by atoms with E-state index in [2.05, 4.69) is 0 Å². The van der Waals surface area contributed by atoms with Crippen molar-refractivity contribution >= 4 is 90.7 Å². The Hall–Kier alpha value is -9.04. The van der Waals surface area contributed by atoms with Crippen LogP contribution in [0.4, 0.5) is 41.9 Å². The van der Waals surface area contributed by atoms with E-state index in [-0.39, 0.29) is 13.1 Å². The van der Waals surface area contributed by atoms with E-state index in [0.717, 1.165) is 43.8 Å². The van der Waals surface area contributed by atoms with Crippen LogP contribution in [0, 0.1) is 0 Å². The van der Waals surface area contributed by atoms with E-state index in [1.54, 1.807) is 9.80 Å². The minimum Gasteiger partial charge on any atom is -0.452 e. The Balaban J connectivity index is 1.01. The number of aromatic nitrogens is 2. The predicted octanol–water partition coefficient (Wildman–Crippen LogP) is 12.2. The number of hydrogen-bond acceptors (Lipinski definition) is 10. The third kappa shape index (κ3) is 9.83. The molecule has 70 heavy (non-hydrogen) atoms. The molecule has 0 bridgehead atoms. The number of carbonyl (C=O) groups excluding carboxylic acids is 4. The number of benzene rings is 7. The van der Waals surface area contributed by atoms with Crippen LogP contribution in [-0.2, 0) is 45.1 Å². The van der Waals surface area contributed by atoms with E-state index in [1.165, 1.54) is 38.2 Å². The first-order valence-electron chi connectivity index (χ1n) is 22.4. The van der Waals surface area contributed by atoms with Crippen LogP contribution in [0.3, 0.4) is 0 Å². The van der Waals surface area contributed by atoms with Crippen molar-refractivity contribution in [3.05, 3.63) is 192 Å². The number of carbonyl (C=O) groups is 4. The number of hydrogen-bond donors (Lipinski definition) is 0. The minimum absolute atomic E-state index is 0.0924. The topological polar surface area (TPSA) is 144 Å². The maximum absolute atomic E-state index is 13.7. The van der Waals surface area contributed by atoms with Crippen LogP contribution in [0.5, 0.6) is 0 Å². The molecule has 0 fully saturated rings. The van der Waals surface area contributed by atoms with Crippen LogP contribution in [0.2, 0.25) is 0 Å². The molecule has 4 amide bonds. The molecule has 0 radical (unpaired) electrons. The summed E-state index contributed by atoms with van der Waals surface area (Å²) in [7, 11) is 5.36. The lowest BCUT2D eigenvalue weighted by molar-refractivity contribution is 0.177. The van der Waals surface area contributed by atoms with Gasteiger partial charge in [-0.25, -0.2) is 29.1 Å². The van der Waals surface area contributed by atoms with Gasteiger partial charge in [-0.2, -0.15) is 0 Å². The molecule has 0 saturated heterocycles. The molecule has 7 aromatic carbocycles. The monoisotopic (exact) mass is 932 g/mol. The standard InChI is InChI=1S/C56H48N6O8/c1-67-53(63)59(33-37-13-7-5-8-14-37)45-23-19-39-27-41-21-25-47(31-51(41)57-49(39)29-45)61(55(65)69-3)35-43-17-11-12-18-44(43)36-62(56(66)70-4)48-26-22-42-28-40-20-24-46(30-50(40)58-52(42)32-48)60(54(64)68-2)34-38-15-9-6-10-16-38/h5-32H,33-36H2,1-4H3. The molecule has 0 unspecified atom stereocenters. The first-order valence-corrected chi connectivity index (χ1v) is 22.4. The lowest BCUT2D eigenvalue weighted by atomic mass is 10.0. The molecule has 2 aromatic heterocycles. The summed E-state index contributed by atoms with van der Waals surface area (Å²) < 4.78 is 21.0. The van der Waals surface area contributed by atoms with Crippen molar-refractivity contribution in [3.63, 3.8) is 0 Å². The summed E-state index contributed by atoms with van der Waals surface area (Å²) in [5.74, 6) is 0. The average molecular weight is 933 g/mol. The minimum atomic E-state index is -0.595. The summed E-state index contributed by atoms with van der Waals surface area (Å²) in [6, 6.07) is 53.3. The van der Waals surface area contributed by atoms with Gasteiger partial charge in [0.05, 0.1) is 76.7 Å². The van der Waals surface area contributed by atoms with Gasteiger partial charge in [0.15, 0.2) is 0 Å². The summed E-state index contributed by atoms with van der Waals surface area (Å²) >= 11 is 0. The van der Waals surface area contributed by atoms with Gasteiger partial charge in [0.25, 0.3) is 0 Å². The van der Waals surface area contributed by atoms with Crippen molar-refractivity contribution in [2.45, 2.75) is 26.2 Å². The third-order valence-corrected chi connectivity index (χ3v) is 12.1. The van der Waals surface area contributed by atoms with Gasteiger partial charge >= 0.3 is 24.4 Å². The maximum Gasteiger partial charge on any atom is 0.414 e. The molecule has 0 aliphatic rings. The Morgan fingerprint density at radius 3 is 0.900 bits per heavy atom. The lowest BCUT2D eigenvalue weighted by Crippen LogP contribution is -2.33. The normalized spacial score (nSPS) is 11.0. The third-order valence-electron chi connectivity index (χ3n) is 12.1. The molecular weight excluding hydrogens is 885 g/mol. The quantitative estimate of drug-likeness (QED) is 0.0857. The van der Waals surface area contributed by atoms with Crippen LogP contribution < -0.4 is 19.6 Å². The highest BCUT2D eigenvalue weighted by molar-refractivity contribution is 6.00. The second kappa shape index (κ2) is 20.4. The lowest BCUT2D eigenvalue weighted by Gasteiger charge is -2.26. The molecule has 9 rings (SSSR count). The van der Waals surface area contributed by atoms with Crippen molar-refractivity contribution < 1.29 is 38.1 Å². The zero-order chi connectivity index (χ0) is 48.7. The largest absolute Gasteiger partial charge is 0.452 e. The van der Waals surface area contributed by atoms with Gasteiger partial charge in [-0.1, -0.05) is 109 Å². The highest BCUT2D eigenvalue weighted by atomic mass is 16.6. The van der Waals surface area contributed by atoms with Crippen LogP contribution in [-0.4, -0.2) is 62.8 Å². The van der Waals surface area contributed by atoms with E-state index in [0.29, 0.717) is 57.9 Å². The van der Waals surface area contributed by atoms with Crippen molar-refractivity contribution in [2.75, 3.05) is 48.0 Å². The number of rotatable bonds is 12. The SMILES string of the molecule is COC(=O)N(Cc1ccccc1)c1ccc2cc3ccc(N(Cc4ccccc4CN(C(=O)OC)c4ccc5cc6ccc(N(Cc7ccccc7)C(=O)OC)cc6nc5c4)C(=O)OC)cc3nc2c1. The summed E-state index contributed by atoms with van der Waals surface area (Å²) in [6.45, 7) is 0.791. The summed E-state index contributed by atoms with van der Waals surface area (Å²) in [5.41, 5.74) is 8.22. The molecule has 2 heterocycles. The molecule has 14 heteroatoms. The molecule has 0 N–H and O–H groups in total. The zero-order valence-electron chi connectivity index (χ0n) is 38.9. The van der Waals surface area contributed by atoms with Gasteiger partial charge < -0.3 is 18.9 Å². The first-order chi connectivity index (χ1) is 34.1. The Morgan fingerprint density at radius 2 is 0.614 bits per heavy atom. The Labute approximate surface area is 403 Å². The van der Waals surface area contributed by atoms with Gasteiger partial charge in [-0.15, -0.1) is 0 Å². The average Bonchev–Trinajstić information content (AvgIpc) is 3.40. The molecule has 9 aromatic rings. The van der Waals surface area contributed by atoms with E-state index in [4.69, 9.17) is 28.9 Å². The van der Waals surface area contributed by atoms with E-state index in [1.807, 2.05) is 170 Å². The molecule has 14 nitrogen and oxygen atoms in total. The second-order valence-electron chi connectivity index (χ2n) is 16.4. The number of anilines is 4. The molecular formula is C56H48N6O8. The fourth-order valence-electron chi connectivity index (χ4n) is 8.49. The van der Waals surface area contributed by atoms with Crippen molar-refractivity contribution in [1.82, 2.24) is 9.97 Å². The fraction of sp³-hybridized carbons (Fsp3) is 0.143. The van der Waals surface area contributed by atoms with E-state index >= 15 is 0 Å². The smallest absolute Gasteiger partial charge is 0.414 e. The maximum atomic E-state index is 13.7. The van der Waals surface area contributed by atoms with Crippen LogP contribution in [0.1, 0.15) is 22.3 Å². The van der Waals surface area contributed by atoms with Crippen LogP contribution in [0.15, 0.2) is 170 Å². The highest BCUT2D eigenvalue weighted by Crippen LogP contribution is 2.32. The Kier molecular flexibility index (Phi) is 13.5. The van der Waals surface area contributed by atoms with Crippen molar-refractivity contribution in [2.24, 2.45) is 0 Å². The predicted molar refractivity (Wildman–Crippen MR) is 272 cm³/mol. The van der Waals surface area contributed by atoms with Crippen molar-refractivity contribution in [3.8, 4) is 0 Å². The number of pyridine rings is 2. The molecule has 0 spiro atoms. The number of amides is 4. The van der Waals surface area contributed by atoms with Gasteiger partial charge in [-0.05, 0) is 82.9 Å². The Morgan fingerprint density at radius 1 is 0.343 bits per heavy atom. The van der Waals surface area contributed by atoms with E-state index < -0.39 is 24.4 Å². The van der Waals surface area contributed by atoms with Crippen LogP contribution >= 0.6 is 0 Å². The van der Waals surface area contributed by atoms with Gasteiger partial charge in [0, 0.05) is 44.3 Å². The summed E-state index contributed by atoms with van der Waals surface area (Å²) in [6.07, 6.45) is -2.19. The van der Waals surface area contributed by atoms with Gasteiger partial charge in [-0.3, -0.25) is 19.6 Å². The highest BCUT2D eigenvalue weighted by Gasteiger charge is 2.24. The van der Waals surface area contributed by atoms with Gasteiger partial charge in [0.2, 0.25) is 0 Å². The molecule has 350 valence electrons. The first kappa shape index (κ1) is 46.1. The number of nitrogens with zero attached hydrogens (tertiary/aromatic N) is 6. The molecule has 0 aliphatic carbocycles. The molecule has 0 saturated carbocycles. The van der Waals surface area contributed by atoms with Crippen LogP contribution in [0.25, 0.3) is 43.6 Å². The number of fused-ring (bicyclic) bond motifs is 4. The van der Waals surface area contributed by atoms with Crippen molar-refractivity contribution in [1.29, 1.82) is 0 Å². The molecule has 0 aliphatic heterocycles. The molecule has 0 atom stereocenters. The number of methoxy groups -OCH3 is 4. The second-order valence-corrected chi connectivity index (χ2v) is 16.4. The number of ether oxygens (including phenoxy) is 4. The van der Waals surface area contributed by atoms with Gasteiger partial charge in [0.1, 0.15) is 0 Å².